The second kappa shape index (κ2) is 4.16. The average molecular weight is 210 g/mol. The number of hydrogen-bond acceptors (Lipinski definition) is 2. The van der Waals surface area contributed by atoms with E-state index in [1.807, 2.05) is 0 Å². The molecule has 1 fully saturated rings. The van der Waals surface area contributed by atoms with Gasteiger partial charge in [0.25, 0.3) is 0 Å². The molecule has 6 heteroatoms. The third-order valence-corrected chi connectivity index (χ3v) is 2.23. The normalized spacial score (nSPS) is 24.1. The summed E-state index contributed by atoms with van der Waals surface area (Å²) in [5.74, 6) is -0.250. The van der Waals surface area contributed by atoms with Gasteiger partial charge < -0.3 is 10.2 Å². The quantitative estimate of drug-likeness (QED) is 0.729. The number of likely N-dealkylation sites (N-methyl/N-ethyl adjacent to an activating group) is 1. The Morgan fingerprint density at radius 2 is 2.21 bits per heavy atom. The molecule has 0 aromatic rings. The number of alkyl halides is 3. The summed E-state index contributed by atoms with van der Waals surface area (Å²) >= 11 is 0. The molecule has 0 aromatic heterocycles. The van der Waals surface area contributed by atoms with Gasteiger partial charge in [-0.05, 0) is 6.42 Å². The number of carbonyl (C=O) groups excluding carboxylic acids is 1. The van der Waals surface area contributed by atoms with Gasteiger partial charge in [-0.1, -0.05) is 0 Å². The van der Waals surface area contributed by atoms with Crippen LogP contribution in [0, 0.1) is 0 Å². The highest BCUT2D eigenvalue weighted by molar-refractivity contribution is 5.82. The predicted molar refractivity (Wildman–Crippen MR) is 44.7 cm³/mol. The van der Waals surface area contributed by atoms with Crippen molar-refractivity contribution in [3.63, 3.8) is 0 Å². The zero-order chi connectivity index (χ0) is 10.8. The summed E-state index contributed by atoms with van der Waals surface area (Å²) < 4.78 is 35.6. The Morgan fingerprint density at radius 3 is 2.79 bits per heavy atom. The molecule has 1 amide bonds. The summed E-state index contributed by atoms with van der Waals surface area (Å²) in [6.07, 6.45) is -5.27. The van der Waals surface area contributed by atoms with Crippen LogP contribution in [0.2, 0.25) is 0 Å². The molecule has 0 saturated carbocycles. The topological polar surface area (TPSA) is 32.3 Å². The molecule has 1 aliphatic heterocycles. The Kier molecular flexibility index (Phi) is 3.36. The Bertz CT molecular complexity index is 217. The minimum Gasteiger partial charge on any atom is -0.343 e. The van der Waals surface area contributed by atoms with Gasteiger partial charge in [0.1, 0.15) is 0 Å². The second-order valence-electron chi connectivity index (χ2n) is 3.42. The van der Waals surface area contributed by atoms with E-state index in [0.29, 0.717) is 13.1 Å². The van der Waals surface area contributed by atoms with E-state index in [4.69, 9.17) is 0 Å². The van der Waals surface area contributed by atoms with Crippen LogP contribution < -0.4 is 5.32 Å². The van der Waals surface area contributed by atoms with E-state index in [9.17, 15) is 18.0 Å². The highest BCUT2D eigenvalue weighted by Crippen LogP contribution is 2.23. The number of carbonyl (C=O) groups is 1. The van der Waals surface area contributed by atoms with Crippen LogP contribution in [-0.4, -0.2) is 43.2 Å². The standard InChI is InChI=1S/C8H13F3N2O/c1-13-5-4-12-6(7(13)14)2-3-8(9,10)11/h6,12H,2-5H2,1H3/t6-/m1/s1. The first-order chi connectivity index (χ1) is 6.40. The van der Waals surface area contributed by atoms with Crippen molar-refractivity contribution < 1.29 is 18.0 Å². The number of nitrogens with zero attached hydrogens (tertiary/aromatic N) is 1. The number of nitrogens with one attached hydrogen (secondary N) is 1. The van der Waals surface area contributed by atoms with Crippen molar-refractivity contribution in [1.82, 2.24) is 10.2 Å². The lowest BCUT2D eigenvalue weighted by molar-refractivity contribution is -0.143. The lowest BCUT2D eigenvalue weighted by Crippen LogP contribution is -2.53. The lowest BCUT2D eigenvalue weighted by atomic mass is 10.1. The van der Waals surface area contributed by atoms with E-state index in [-0.39, 0.29) is 12.3 Å². The molecular weight excluding hydrogens is 197 g/mol. The van der Waals surface area contributed by atoms with Gasteiger partial charge in [0.15, 0.2) is 0 Å². The molecule has 1 rings (SSSR count). The molecule has 0 unspecified atom stereocenters. The highest BCUT2D eigenvalue weighted by Gasteiger charge is 2.32. The van der Waals surface area contributed by atoms with Crippen molar-refractivity contribution >= 4 is 5.91 Å². The van der Waals surface area contributed by atoms with Crippen LogP contribution >= 0.6 is 0 Å². The Hall–Kier alpha value is -0.780. The summed E-state index contributed by atoms with van der Waals surface area (Å²) in [5, 5.41) is 2.78. The van der Waals surface area contributed by atoms with Gasteiger partial charge in [-0.3, -0.25) is 4.79 Å². The van der Waals surface area contributed by atoms with Crippen LogP contribution in [-0.2, 0) is 4.79 Å². The maximum absolute atomic E-state index is 11.9. The van der Waals surface area contributed by atoms with E-state index in [0.717, 1.165) is 0 Å². The van der Waals surface area contributed by atoms with E-state index >= 15 is 0 Å². The number of piperazine rings is 1. The molecule has 82 valence electrons. The molecule has 1 aliphatic rings. The third kappa shape index (κ3) is 3.17. The third-order valence-electron chi connectivity index (χ3n) is 2.23. The minimum absolute atomic E-state index is 0.174. The molecule has 3 nitrogen and oxygen atoms in total. The first kappa shape index (κ1) is 11.3. The molecule has 1 saturated heterocycles. The predicted octanol–water partition coefficient (Wildman–Crippen LogP) is 0.759. The smallest absolute Gasteiger partial charge is 0.343 e. The molecule has 0 bridgehead atoms. The fourth-order valence-corrected chi connectivity index (χ4v) is 1.40. The van der Waals surface area contributed by atoms with Gasteiger partial charge >= 0.3 is 6.18 Å². The van der Waals surface area contributed by atoms with Crippen molar-refractivity contribution in [2.75, 3.05) is 20.1 Å². The molecule has 0 aliphatic carbocycles. The van der Waals surface area contributed by atoms with Gasteiger partial charge in [-0.2, -0.15) is 13.2 Å². The van der Waals surface area contributed by atoms with Gasteiger partial charge in [0, 0.05) is 26.6 Å². The SMILES string of the molecule is CN1CCN[C@H](CCC(F)(F)F)C1=O. The van der Waals surface area contributed by atoms with Gasteiger partial charge in [-0.15, -0.1) is 0 Å². The fraction of sp³-hybridized carbons (Fsp3) is 0.875. The number of halogens is 3. The van der Waals surface area contributed by atoms with Crippen molar-refractivity contribution in [2.45, 2.75) is 25.1 Å². The summed E-state index contributed by atoms with van der Waals surface area (Å²) in [6.45, 7) is 1.12. The summed E-state index contributed by atoms with van der Waals surface area (Å²) in [4.78, 5) is 12.8. The van der Waals surface area contributed by atoms with Crippen molar-refractivity contribution in [2.24, 2.45) is 0 Å². The monoisotopic (exact) mass is 210 g/mol. The lowest BCUT2D eigenvalue weighted by Gasteiger charge is -2.30. The van der Waals surface area contributed by atoms with E-state index in [2.05, 4.69) is 5.32 Å². The molecule has 0 spiro atoms. The van der Waals surface area contributed by atoms with Crippen molar-refractivity contribution in [3.05, 3.63) is 0 Å². The van der Waals surface area contributed by atoms with Crippen LogP contribution in [0.15, 0.2) is 0 Å². The minimum atomic E-state index is -4.18. The summed E-state index contributed by atoms with van der Waals surface area (Å²) in [7, 11) is 1.60. The molecule has 1 N–H and O–H groups in total. The molecule has 1 atom stereocenters. The first-order valence-electron chi connectivity index (χ1n) is 4.45. The largest absolute Gasteiger partial charge is 0.389 e. The van der Waals surface area contributed by atoms with Gasteiger partial charge in [-0.25, -0.2) is 0 Å². The number of rotatable bonds is 2. The molecule has 14 heavy (non-hydrogen) atoms. The van der Waals surface area contributed by atoms with Crippen LogP contribution in [0.1, 0.15) is 12.8 Å². The average Bonchev–Trinajstić information content (AvgIpc) is 2.06. The van der Waals surface area contributed by atoms with Crippen LogP contribution in [0.4, 0.5) is 13.2 Å². The summed E-state index contributed by atoms with van der Waals surface area (Å²) in [5.41, 5.74) is 0. The zero-order valence-corrected chi connectivity index (χ0v) is 7.90. The Balaban J connectivity index is 2.40. The first-order valence-corrected chi connectivity index (χ1v) is 4.45. The number of amides is 1. The Morgan fingerprint density at radius 1 is 1.57 bits per heavy atom. The summed E-state index contributed by atoms with van der Waals surface area (Å²) in [6, 6.07) is -0.671. The van der Waals surface area contributed by atoms with Crippen molar-refractivity contribution in [3.8, 4) is 0 Å². The van der Waals surface area contributed by atoms with Crippen molar-refractivity contribution in [1.29, 1.82) is 0 Å². The number of hydrogen-bond donors (Lipinski definition) is 1. The maximum Gasteiger partial charge on any atom is 0.389 e. The zero-order valence-electron chi connectivity index (χ0n) is 7.90. The van der Waals surface area contributed by atoms with Gasteiger partial charge in [0.05, 0.1) is 6.04 Å². The second-order valence-corrected chi connectivity index (χ2v) is 3.42. The van der Waals surface area contributed by atoms with E-state index in [1.165, 1.54) is 4.90 Å². The Labute approximate surface area is 80.3 Å². The maximum atomic E-state index is 11.9. The van der Waals surface area contributed by atoms with Gasteiger partial charge in [0.2, 0.25) is 5.91 Å². The highest BCUT2D eigenvalue weighted by atomic mass is 19.4. The fourth-order valence-electron chi connectivity index (χ4n) is 1.40. The van der Waals surface area contributed by atoms with E-state index < -0.39 is 18.6 Å². The molecule has 1 heterocycles. The molecule has 0 aromatic carbocycles. The van der Waals surface area contributed by atoms with Crippen LogP contribution in [0.5, 0.6) is 0 Å². The van der Waals surface area contributed by atoms with E-state index in [1.54, 1.807) is 7.05 Å². The molecule has 0 radical (unpaired) electrons. The molecular formula is C8H13F3N2O. The van der Waals surface area contributed by atoms with Crippen LogP contribution in [0.25, 0.3) is 0 Å². The van der Waals surface area contributed by atoms with Crippen LogP contribution in [0.3, 0.4) is 0 Å².